The van der Waals surface area contributed by atoms with Gasteiger partial charge in [0, 0.05) is 35.2 Å². The summed E-state index contributed by atoms with van der Waals surface area (Å²) in [6.45, 7) is 10.8. The van der Waals surface area contributed by atoms with E-state index in [1.54, 1.807) is 0 Å². The molecule has 1 atom stereocenters. The predicted octanol–water partition coefficient (Wildman–Crippen LogP) is 5.67. The summed E-state index contributed by atoms with van der Waals surface area (Å²) in [7, 11) is 3.88. The van der Waals surface area contributed by atoms with Crippen LogP contribution in [0.3, 0.4) is 0 Å². The van der Waals surface area contributed by atoms with E-state index in [1.807, 2.05) is 84.3 Å². The largest absolute Gasteiger partial charge is 0.494 e. The molecule has 3 aromatic carbocycles. The van der Waals surface area contributed by atoms with Crippen molar-refractivity contribution in [2.75, 3.05) is 32.1 Å². The summed E-state index contributed by atoms with van der Waals surface area (Å²) in [6, 6.07) is 23.8. The van der Waals surface area contributed by atoms with Gasteiger partial charge in [0.25, 0.3) is 0 Å². The molecule has 2 heterocycles. The molecule has 48 heavy (non-hydrogen) atoms. The molecule has 0 spiro atoms. The van der Waals surface area contributed by atoms with Crippen molar-refractivity contribution >= 4 is 11.6 Å². The van der Waals surface area contributed by atoms with Crippen LogP contribution in [0.25, 0.3) is 22.5 Å². The van der Waals surface area contributed by atoms with E-state index in [0.29, 0.717) is 32.7 Å². The van der Waals surface area contributed by atoms with Gasteiger partial charge in [-0.25, -0.2) is 4.68 Å². The van der Waals surface area contributed by atoms with E-state index in [0.717, 1.165) is 64.3 Å². The fourth-order valence-electron chi connectivity index (χ4n) is 5.75. The molecule has 0 fully saturated rings. The lowest BCUT2D eigenvalue weighted by atomic mass is 9.94. The second-order valence-corrected chi connectivity index (χ2v) is 13.8. The number of aliphatic hydroxyl groups excluding tert-OH is 1. The number of anilines is 1. The van der Waals surface area contributed by atoms with Gasteiger partial charge in [-0.05, 0) is 96.9 Å². The van der Waals surface area contributed by atoms with Gasteiger partial charge >= 0.3 is 0 Å². The van der Waals surface area contributed by atoms with Crippen LogP contribution in [0, 0.1) is 0 Å². The van der Waals surface area contributed by atoms with E-state index in [9.17, 15) is 9.90 Å². The number of hydrogen-bond acceptors (Lipinski definition) is 8. The minimum Gasteiger partial charge on any atom is -0.494 e. The van der Waals surface area contributed by atoms with Crippen molar-refractivity contribution in [2.45, 2.75) is 83.8 Å². The second-order valence-electron chi connectivity index (χ2n) is 13.8. The maximum absolute atomic E-state index is 13.8. The van der Waals surface area contributed by atoms with E-state index in [1.165, 1.54) is 0 Å². The SMILES string of the molecule is CNC(C)(C)CCOc1ccc(C(O)NCCCn2nnc3c2-c2ccccc2CN(C(=O)CCC(C)(C)NC)c2ccccc2-3)cc1. The molecular weight excluding hydrogens is 602 g/mol. The van der Waals surface area contributed by atoms with Crippen molar-refractivity contribution in [1.82, 2.24) is 30.9 Å². The predicted molar refractivity (Wildman–Crippen MR) is 192 cm³/mol. The van der Waals surface area contributed by atoms with Gasteiger partial charge in [-0.3, -0.25) is 10.1 Å². The van der Waals surface area contributed by atoms with Crippen LogP contribution >= 0.6 is 0 Å². The molecule has 0 saturated carbocycles. The number of rotatable bonds is 15. The molecule has 0 radical (unpaired) electrons. The smallest absolute Gasteiger partial charge is 0.227 e. The third-order valence-electron chi connectivity index (χ3n) is 9.48. The molecule has 4 N–H and O–H groups in total. The Morgan fingerprint density at radius 3 is 2.31 bits per heavy atom. The van der Waals surface area contributed by atoms with Crippen molar-refractivity contribution < 1.29 is 14.6 Å². The molecule has 10 heteroatoms. The number of amides is 1. The molecular formula is C38H51N7O3. The van der Waals surface area contributed by atoms with Gasteiger partial charge in [0.2, 0.25) is 5.91 Å². The van der Waals surface area contributed by atoms with Gasteiger partial charge in [-0.15, -0.1) is 5.10 Å². The fourth-order valence-corrected chi connectivity index (χ4v) is 5.75. The topological polar surface area (TPSA) is 117 Å². The first-order valence-electron chi connectivity index (χ1n) is 17.0. The lowest BCUT2D eigenvalue weighted by Crippen LogP contribution is -2.39. The highest BCUT2D eigenvalue weighted by molar-refractivity contribution is 6.00. The fraction of sp³-hybridized carbons (Fsp3) is 0.447. The summed E-state index contributed by atoms with van der Waals surface area (Å²) in [5, 5.41) is 29.9. The minimum atomic E-state index is -0.798. The van der Waals surface area contributed by atoms with Crippen LogP contribution in [-0.4, -0.2) is 64.3 Å². The Morgan fingerprint density at radius 2 is 1.58 bits per heavy atom. The number of aliphatic hydroxyl groups is 1. The first-order valence-corrected chi connectivity index (χ1v) is 17.0. The van der Waals surface area contributed by atoms with Crippen LogP contribution in [0.5, 0.6) is 5.75 Å². The first kappa shape index (κ1) is 35.2. The van der Waals surface area contributed by atoms with E-state index in [4.69, 9.17) is 4.74 Å². The molecule has 5 rings (SSSR count). The highest BCUT2D eigenvalue weighted by atomic mass is 16.5. The number of carbonyl (C=O) groups excluding carboxylic acids is 1. The molecule has 1 unspecified atom stereocenters. The summed E-state index contributed by atoms with van der Waals surface area (Å²) >= 11 is 0. The quantitative estimate of drug-likeness (QED) is 0.0958. The van der Waals surface area contributed by atoms with Crippen LogP contribution in [0.1, 0.15) is 70.7 Å². The Hall–Kier alpha value is -4.09. The van der Waals surface area contributed by atoms with Crippen molar-refractivity contribution in [3.63, 3.8) is 0 Å². The number of ether oxygens (including phenoxy) is 1. The number of fused-ring (bicyclic) bond motifs is 5. The lowest BCUT2D eigenvalue weighted by molar-refractivity contribution is -0.119. The molecule has 1 amide bonds. The zero-order valence-electron chi connectivity index (χ0n) is 29.2. The second kappa shape index (κ2) is 15.4. The Morgan fingerprint density at radius 1 is 0.917 bits per heavy atom. The minimum absolute atomic E-state index is 0.0171. The summed E-state index contributed by atoms with van der Waals surface area (Å²) in [4.78, 5) is 15.7. The molecule has 1 aromatic heterocycles. The molecule has 1 aliphatic rings. The maximum atomic E-state index is 13.8. The Balaban J connectivity index is 1.27. The summed E-state index contributed by atoms with van der Waals surface area (Å²) < 4.78 is 7.84. The molecule has 1 aliphatic heterocycles. The first-order chi connectivity index (χ1) is 23.0. The normalized spacial score (nSPS) is 13.6. The van der Waals surface area contributed by atoms with Crippen molar-refractivity contribution in [1.29, 1.82) is 0 Å². The highest BCUT2D eigenvalue weighted by Gasteiger charge is 2.29. The van der Waals surface area contributed by atoms with E-state index < -0.39 is 6.23 Å². The van der Waals surface area contributed by atoms with Crippen LogP contribution in [-0.2, 0) is 17.9 Å². The third-order valence-corrected chi connectivity index (χ3v) is 9.48. The van der Waals surface area contributed by atoms with E-state index in [2.05, 4.69) is 66.1 Å². The molecule has 4 aromatic rings. The number of aromatic nitrogens is 3. The number of carbonyl (C=O) groups is 1. The lowest BCUT2D eigenvalue weighted by Gasteiger charge is -2.30. The van der Waals surface area contributed by atoms with Gasteiger partial charge in [-0.1, -0.05) is 59.8 Å². The number of aryl methyl sites for hydroxylation is 1. The highest BCUT2D eigenvalue weighted by Crippen LogP contribution is 2.41. The van der Waals surface area contributed by atoms with Crippen molar-refractivity contribution in [3.8, 4) is 28.3 Å². The van der Waals surface area contributed by atoms with Gasteiger partial charge in [0.05, 0.1) is 24.5 Å². The van der Waals surface area contributed by atoms with Gasteiger partial charge in [-0.2, -0.15) is 0 Å². The monoisotopic (exact) mass is 653 g/mol. The number of nitrogens with one attached hydrogen (secondary N) is 3. The van der Waals surface area contributed by atoms with E-state index in [-0.39, 0.29) is 17.0 Å². The zero-order chi connectivity index (χ0) is 34.3. The van der Waals surface area contributed by atoms with E-state index >= 15 is 0 Å². The van der Waals surface area contributed by atoms with Crippen LogP contribution in [0.4, 0.5) is 5.69 Å². The summed E-state index contributed by atoms with van der Waals surface area (Å²) in [5.74, 6) is 0.865. The maximum Gasteiger partial charge on any atom is 0.227 e. The molecule has 256 valence electrons. The summed E-state index contributed by atoms with van der Waals surface area (Å²) in [5.41, 5.74) is 6.16. The number of benzene rings is 3. The molecule has 0 aliphatic carbocycles. The van der Waals surface area contributed by atoms with Crippen molar-refractivity contribution in [3.05, 3.63) is 83.9 Å². The van der Waals surface area contributed by atoms with Gasteiger partial charge < -0.3 is 25.4 Å². The Kier molecular flexibility index (Phi) is 11.3. The zero-order valence-corrected chi connectivity index (χ0v) is 29.2. The standard InChI is InChI=1S/C38H51N7O3/c1-37(2,39-5)21-20-33(46)44-26-28-12-7-8-13-30(28)35-34(31-14-9-10-15-32(31)44)42-43-45(35)24-11-23-41-36(47)27-16-18-29(19-17-27)48-25-22-38(3,4)40-6/h7-10,12-19,36,39-41,47H,11,20-26H2,1-6H3. The summed E-state index contributed by atoms with van der Waals surface area (Å²) in [6.07, 6.45) is 1.97. The molecule has 10 nitrogen and oxygen atoms in total. The van der Waals surface area contributed by atoms with Crippen LogP contribution in [0.2, 0.25) is 0 Å². The Bertz CT molecular complexity index is 1670. The third kappa shape index (κ3) is 8.49. The van der Waals surface area contributed by atoms with Crippen molar-refractivity contribution in [2.24, 2.45) is 0 Å². The van der Waals surface area contributed by atoms with Crippen LogP contribution in [0.15, 0.2) is 72.8 Å². The average molecular weight is 654 g/mol. The molecule has 0 saturated heterocycles. The Labute approximate surface area is 284 Å². The average Bonchev–Trinajstić information content (AvgIpc) is 3.50. The van der Waals surface area contributed by atoms with Gasteiger partial charge in [0.15, 0.2) is 0 Å². The number of nitrogens with zero attached hydrogens (tertiary/aromatic N) is 4. The van der Waals surface area contributed by atoms with Crippen LogP contribution < -0.4 is 25.6 Å². The number of hydrogen-bond donors (Lipinski definition) is 4. The molecule has 0 bridgehead atoms. The van der Waals surface area contributed by atoms with Gasteiger partial charge in [0.1, 0.15) is 17.7 Å². The number of para-hydroxylation sites is 1.